The van der Waals surface area contributed by atoms with Crippen LogP contribution in [0, 0.1) is 11.6 Å². The summed E-state index contributed by atoms with van der Waals surface area (Å²) in [5.74, 6) is -0.428. The third-order valence-electron chi connectivity index (χ3n) is 5.08. The lowest BCUT2D eigenvalue weighted by Gasteiger charge is -2.19. The number of halogens is 2. The summed E-state index contributed by atoms with van der Waals surface area (Å²) < 4.78 is 27.2. The molecule has 7 heteroatoms. The molecule has 3 rings (SSSR count). The molecule has 1 unspecified atom stereocenters. The van der Waals surface area contributed by atoms with Crippen molar-refractivity contribution in [2.24, 2.45) is 4.99 Å². The highest BCUT2D eigenvalue weighted by Crippen LogP contribution is 2.18. The summed E-state index contributed by atoms with van der Waals surface area (Å²) in [6.07, 6.45) is 1.56. The lowest BCUT2D eigenvalue weighted by Crippen LogP contribution is -2.39. The lowest BCUT2D eigenvalue weighted by molar-refractivity contribution is -0.128. The van der Waals surface area contributed by atoms with E-state index in [0.717, 1.165) is 30.2 Å². The predicted molar refractivity (Wildman–Crippen MR) is 114 cm³/mol. The first kappa shape index (κ1) is 21.7. The average Bonchev–Trinajstić information content (AvgIpc) is 3.11. The van der Waals surface area contributed by atoms with Crippen LogP contribution in [0.5, 0.6) is 0 Å². The van der Waals surface area contributed by atoms with Gasteiger partial charge in [-0.1, -0.05) is 30.3 Å². The van der Waals surface area contributed by atoms with Gasteiger partial charge in [-0.2, -0.15) is 0 Å². The molecule has 0 spiro atoms. The predicted octanol–water partition coefficient (Wildman–Crippen LogP) is 3.90. The third-order valence-corrected chi connectivity index (χ3v) is 5.08. The monoisotopic (exact) mass is 414 g/mol. The van der Waals surface area contributed by atoms with Crippen molar-refractivity contribution in [1.29, 1.82) is 0 Å². The fourth-order valence-corrected chi connectivity index (χ4v) is 3.54. The fourth-order valence-electron chi connectivity index (χ4n) is 3.54. The van der Waals surface area contributed by atoms with Crippen LogP contribution in [0.4, 0.5) is 8.78 Å². The van der Waals surface area contributed by atoms with E-state index in [2.05, 4.69) is 21.7 Å². The summed E-state index contributed by atoms with van der Waals surface area (Å²) in [5.41, 5.74) is 2.48. The number of carbonyl (C=O) groups is 1. The van der Waals surface area contributed by atoms with Crippen molar-refractivity contribution >= 4 is 11.9 Å². The molecule has 1 amide bonds. The van der Waals surface area contributed by atoms with Gasteiger partial charge >= 0.3 is 0 Å². The Labute approximate surface area is 176 Å². The van der Waals surface area contributed by atoms with Crippen LogP contribution in [0.25, 0.3) is 0 Å². The Hall–Kier alpha value is -2.96. The first-order valence-electron chi connectivity index (χ1n) is 10.3. The highest BCUT2D eigenvalue weighted by atomic mass is 19.1. The van der Waals surface area contributed by atoms with E-state index in [4.69, 9.17) is 0 Å². The van der Waals surface area contributed by atoms with Crippen LogP contribution >= 0.6 is 0 Å². The summed E-state index contributed by atoms with van der Waals surface area (Å²) in [6, 6.07) is 11.2. The van der Waals surface area contributed by atoms with Gasteiger partial charge in [0.2, 0.25) is 5.91 Å². The van der Waals surface area contributed by atoms with E-state index in [-0.39, 0.29) is 11.9 Å². The van der Waals surface area contributed by atoms with Gasteiger partial charge in [-0.3, -0.25) is 4.79 Å². The maximum Gasteiger partial charge on any atom is 0.222 e. The van der Waals surface area contributed by atoms with Crippen LogP contribution in [0.15, 0.2) is 47.5 Å². The maximum absolute atomic E-state index is 14.1. The molecule has 2 aromatic carbocycles. The van der Waals surface area contributed by atoms with E-state index in [1.54, 1.807) is 6.92 Å². The molecule has 0 aromatic heterocycles. The van der Waals surface area contributed by atoms with Crippen molar-refractivity contribution in [3.63, 3.8) is 0 Å². The zero-order valence-corrected chi connectivity index (χ0v) is 17.4. The van der Waals surface area contributed by atoms with Crippen LogP contribution in [0.1, 0.15) is 49.4 Å². The molecule has 2 aromatic rings. The Balaban J connectivity index is 1.66. The van der Waals surface area contributed by atoms with Crippen LogP contribution in [0.3, 0.4) is 0 Å². The highest BCUT2D eigenvalue weighted by Gasteiger charge is 2.20. The molecule has 30 heavy (non-hydrogen) atoms. The minimum absolute atomic E-state index is 0.207. The smallest absolute Gasteiger partial charge is 0.222 e. The van der Waals surface area contributed by atoms with Crippen molar-refractivity contribution in [2.45, 2.75) is 45.8 Å². The Morgan fingerprint density at radius 3 is 2.70 bits per heavy atom. The molecule has 1 heterocycles. The third kappa shape index (κ3) is 5.78. The van der Waals surface area contributed by atoms with E-state index in [9.17, 15) is 13.6 Å². The van der Waals surface area contributed by atoms with Gasteiger partial charge in [-0.15, -0.1) is 0 Å². The highest BCUT2D eigenvalue weighted by molar-refractivity contribution is 5.80. The van der Waals surface area contributed by atoms with E-state index in [1.807, 2.05) is 30.0 Å². The Morgan fingerprint density at radius 2 is 2.00 bits per heavy atom. The first-order chi connectivity index (χ1) is 14.5. The molecule has 1 aliphatic heterocycles. The number of amides is 1. The molecule has 160 valence electrons. The minimum Gasteiger partial charge on any atom is -0.357 e. The lowest BCUT2D eigenvalue weighted by atomic mass is 10.1. The molecule has 5 nitrogen and oxygen atoms in total. The molecular weight excluding hydrogens is 386 g/mol. The van der Waals surface area contributed by atoms with Crippen molar-refractivity contribution < 1.29 is 13.6 Å². The molecular formula is C23H28F2N4O. The molecule has 2 N–H and O–H groups in total. The van der Waals surface area contributed by atoms with E-state index >= 15 is 0 Å². The molecule has 0 bridgehead atoms. The first-order valence-corrected chi connectivity index (χ1v) is 10.3. The second kappa shape index (κ2) is 10.2. The largest absolute Gasteiger partial charge is 0.357 e. The summed E-state index contributed by atoms with van der Waals surface area (Å²) >= 11 is 0. The molecule has 0 radical (unpaired) electrons. The normalized spacial score (nSPS) is 15.4. The number of likely N-dealkylation sites (tertiary alicyclic amines) is 1. The Kier molecular flexibility index (Phi) is 7.38. The van der Waals surface area contributed by atoms with Gasteiger partial charge in [-0.05, 0) is 37.5 Å². The fraction of sp³-hybridized carbons (Fsp3) is 0.391. The number of nitrogens with one attached hydrogen (secondary N) is 2. The van der Waals surface area contributed by atoms with Gasteiger partial charge < -0.3 is 15.5 Å². The van der Waals surface area contributed by atoms with Crippen molar-refractivity contribution in [3.8, 4) is 0 Å². The number of aliphatic imine (C=N–C) groups is 1. The van der Waals surface area contributed by atoms with E-state index < -0.39 is 11.6 Å². The van der Waals surface area contributed by atoms with Crippen molar-refractivity contribution in [1.82, 2.24) is 15.5 Å². The van der Waals surface area contributed by atoms with Gasteiger partial charge in [0.25, 0.3) is 0 Å². The van der Waals surface area contributed by atoms with Crippen LogP contribution in [-0.2, 0) is 17.9 Å². The summed E-state index contributed by atoms with van der Waals surface area (Å²) in [5, 5.41) is 6.32. The number of benzene rings is 2. The molecule has 1 aliphatic rings. The van der Waals surface area contributed by atoms with Crippen molar-refractivity contribution in [3.05, 3.63) is 70.8 Å². The zero-order chi connectivity index (χ0) is 21.5. The number of guanidine groups is 1. The van der Waals surface area contributed by atoms with Gasteiger partial charge in [-0.25, -0.2) is 13.8 Å². The van der Waals surface area contributed by atoms with Gasteiger partial charge in [0.1, 0.15) is 11.6 Å². The molecule has 0 aliphatic carbocycles. The molecule has 1 saturated heterocycles. The number of hydrogen-bond donors (Lipinski definition) is 2. The maximum atomic E-state index is 14.1. The number of rotatable bonds is 7. The quantitative estimate of drug-likeness (QED) is 0.534. The number of hydrogen-bond acceptors (Lipinski definition) is 2. The Morgan fingerprint density at radius 1 is 1.20 bits per heavy atom. The summed E-state index contributed by atoms with van der Waals surface area (Å²) in [4.78, 5) is 18.3. The standard InChI is InChI=1S/C23H28F2N4O/c1-3-26-23(28-16(2)20-10-9-19(24)13-21(20)25)27-14-17-6-4-7-18(12-17)15-29-11-5-8-22(29)30/h4,6-7,9-10,12-13,16H,3,5,8,11,14-15H2,1-2H3,(H2,26,27,28). The zero-order valence-electron chi connectivity index (χ0n) is 17.4. The van der Waals surface area contributed by atoms with E-state index in [0.29, 0.717) is 37.6 Å². The van der Waals surface area contributed by atoms with E-state index in [1.165, 1.54) is 12.1 Å². The number of nitrogens with zero attached hydrogens (tertiary/aromatic N) is 2. The van der Waals surface area contributed by atoms with Gasteiger partial charge in [0, 0.05) is 37.7 Å². The number of carbonyl (C=O) groups excluding carboxylic acids is 1. The van der Waals surface area contributed by atoms with Crippen molar-refractivity contribution in [2.75, 3.05) is 13.1 Å². The van der Waals surface area contributed by atoms with Crippen LogP contribution < -0.4 is 10.6 Å². The van der Waals surface area contributed by atoms with Crippen LogP contribution in [-0.4, -0.2) is 29.9 Å². The molecule has 0 saturated carbocycles. The second-order valence-corrected chi connectivity index (χ2v) is 7.47. The van der Waals surface area contributed by atoms with Gasteiger partial charge in [0.15, 0.2) is 5.96 Å². The minimum atomic E-state index is -0.598. The molecule has 1 fully saturated rings. The van der Waals surface area contributed by atoms with Crippen LogP contribution in [0.2, 0.25) is 0 Å². The Bertz CT molecular complexity index is 916. The van der Waals surface area contributed by atoms with Gasteiger partial charge in [0.05, 0.1) is 12.6 Å². The second-order valence-electron chi connectivity index (χ2n) is 7.47. The summed E-state index contributed by atoms with van der Waals surface area (Å²) in [7, 11) is 0. The molecule has 1 atom stereocenters. The summed E-state index contributed by atoms with van der Waals surface area (Å²) in [6.45, 7) is 6.28. The average molecular weight is 414 g/mol. The SMILES string of the molecule is CCNC(=NCc1cccc(CN2CCCC2=O)c1)NC(C)c1ccc(F)cc1F. The topological polar surface area (TPSA) is 56.7 Å².